The highest BCUT2D eigenvalue weighted by atomic mass is 19.1. The first kappa shape index (κ1) is 12.0. The van der Waals surface area contributed by atoms with Gasteiger partial charge in [0.25, 0.3) is 0 Å². The molecule has 1 rings (SSSR count). The number of halogens is 2. The second kappa shape index (κ2) is 5.16. The van der Waals surface area contributed by atoms with Crippen molar-refractivity contribution in [3.8, 4) is 0 Å². The molecule has 3 N–H and O–H groups in total. The molecule has 0 aliphatic rings. The minimum absolute atomic E-state index is 0.144. The van der Waals surface area contributed by atoms with Crippen molar-refractivity contribution in [3.05, 3.63) is 35.4 Å². The van der Waals surface area contributed by atoms with E-state index in [1.807, 2.05) is 0 Å². The summed E-state index contributed by atoms with van der Waals surface area (Å²) < 4.78 is 26.3. The Morgan fingerprint density at radius 1 is 1.13 bits per heavy atom. The monoisotopic (exact) mass is 218 g/mol. The third-order valence-electron chi connectivity index (χ3n) is 2.08. The first-order valence-electron chi connectivity index (χ1n) is 4.48. The van der Waals surface area contributed by atoms with Gasteiger partial charge in [-0.2, -0.15) is 0 Å². The molecule has 0 heterocycles. The highest BCUT2D eigenvalue weighted by Gasteiger charge is 2.24. The molecule has 0 amide bonds. The van der Waals surface area contributed by atoms with Crippen LogP contribution in [0.2, 0.25) is 0 Å². The zero-order chi connectivity index (χ0) is 11.4. The Bertz CT molecular complexity index is 310. The maximum atomic E-state index is 13.1. The molecule has 0 bridgehead atoms. The van der Waals surface area contributed by atoms with Crippen molar-refractivity contribution in [3.63, 3.8) is 0 Å². The van der Waals surface area contributed by atoms with Crippen LogP contribution in [-0.2, 0) is 0 Å². The summed E-state index contributed by atoms with van der Waals surface area (Å²) >= 11 is 0. The average Bonchev–Trinajstić information content (AvgIpc) is 2.17. The fourth-order valence-electron chi connectivity index (χ4n) is 1.28. The summed E-state index contributed by atoms with van der Waals surface area (Å²) in [5.74, 6) is -1.83. The molecular formula is C10H12F2O3. The summed E-state index contributed by atoms with van der Waals surface area (Å²) in [6.45, 7) is -0.367. The van der Waals surface area contributed by atoms with E-state index in [1.165, 1.54) is 6.07 Å². The molecule has 5 heteroatoms. The maximum absolute atomic E-state index is 13.1. The van der Waals surface area contributed by atoms with Crippen molar-refractivity contribution in [1.82, 2.24) is 0 Å². The van der Waals surface area contributed by atoms with Gasteiger partial charge >= 0.3 is 0 Å². The number of rotatable bonds is 4. The van der Waals surface area contributed by atoms with Gasteiger partial charge in [-0.25, -0.2) is 8.78 Å². The van der Waals surface area contributed by atoms with Gasteiger partial charge in [0.1, 0.15) is 17.7 Å². The first-order chi connectivity index (χ1) is 7.07. The quantitative estimate of drug-likeness (QED) is 0.698. The molecule has 0 radical (unpaired) electrons. The molecule has 2 unspecified atom stereocenters. The van der Waals surface area contributed by atoms with Gasteiger partial charge in [-0.05, 0) is 18.6 Å². The number of aliphatic hydroxyl groups is 3. The lowest BCUT2D eigenvalue weighted by Gasteiger charge is -2.18. The summed E-state index contributed by atoms with van der Waals surface area (Å²) in [4.78, 5) is 0. The number of benzene rings is 1. The molecule has 1 aromatic rings. The molecular weight excluding hydrogens is 206 g/mol. The van der Waals surface area contributed by atoms with E-state index in [1.54, 1.807) is 0 Å². The highest BCUT2D eigenvalue weighted by Crippen LogP contribution is 2.24. The van der Waals surface area contributed by atoms with Gasteiger partial charge < -0.3 is 15.3 Å². The fraction of sp³-hybridized carbons (Fsp3) is 0.400. The Hall–Kier alpha value is -1.04. The Kier molecular flexibility index (Phi) is 4.14. The van der Waals surface area contributed by atoms with E-state index in [9.17, 15) is 19.0 Å². The normalized spacial score (nSPS) is 15.0. The zero-order valence-corrected chi connectivity index (χ0v) is 7.90. The lowest BCUT2D eigenvalue weighted by molar-refractivity contribution is 0.000379. The van der Waals surface area contributed by atoms with Crippen molar-refractivity contribution >= 4 is 0 Å². The first-order valence-corrected chi connectivity index (χ1v) is 4.48. The van der Waals surface area contributed by atoms with Crippen LogP contribution < -0.4 is 0 Å². The lowest BCUT2D eigenvalue weighted by atomic mass is 10.0. The molecule has 1 aromatic carbocycles. The lowest BCUT2D eigenvalue weighted by Crippen LogP contribution is -2.21. The van der Waals surface area contributed by atoms with Crippen molar-refractivity contribution in [2.24, 2.45) is 0 Å². The van der Waals surface area contributed by atoms with Crippen molar-refractivity contribution in [1.29, 1.82) is 0 Å². The number of aliphatic hydroxyl groups excluding tert-OH is 3. The van der Waals surface area contributed by atoms with Crippen LogP contribution >= 0.6 is 0 Å². The average molecular weight is 218 g/mol. The third kappa shape index (κ3) is 2.71. The van der Waals surface area contributed by atoms with E-state index >= 15 is 0 Å². The van der Waals surface area contributed by atoms with Gasteiger partial charge in [-0.15, -0.1) is 0 Å². The summed E-state index contributed by atoms with van der Waals surface area (Å²) in [6, 6.07) is 3.15. The Morgan fingerprint density at radius 3 is 2.13 bits per heavy atom. The van der Waals surface area contributed by atoms with Crippen LogP contribution in [0.4, 0.5) is 8.78 Å². The highest BCUT2D eigenvalue weighted by molar-refractivity contribution is 5.22. The second-order valence-electron chi connectivity index (χ2n) is 3.16. The van der Waals surface area contributed by atoms with Crippen LogP contribution in [-0.4, -0.2) is 28.0 Å². The van der Waals surface area contributed by atoms with Gasteiger partial charge in [0.2, 0.25) is 0 Å². The van der Waals surface area contributed by atoms with E-state index in [0.717, 1.165) is 12.1 Å². The minimum atomic E-state index is -1.67. The van der Waals surface area contributed by atoms with Crippen LogP contribution in [0.3, 0.4) is 0 Å². The fourth-order valence-corrected chi connectivity index (χ4v) is 1.28. The largest absolute Gasteiger partial charge is 0.396 e. The Morgan fingerprint density at radius 2 is 1.67 bits per heavy atom. The van der Waals surface area contributed by atoms with E-state index in [4.69, 9.17) is 5.11 Å². The van der Waals surface area contributed by atoms with Crippen molar-refractivity contribution in [2.45, 2.75) is 18.6 Å². The molecule has 84 valence electrons. The molecule has 2 atom stereocenters. The maximum Gasteiger partial charge on any atom is 0.132 e. The van der Waals surface area contributed by atoms with E-state index < -0.39 is 29.4 Å². The van der Waals surface area contributed by atoms with E-state index in [-0.39, 0.29) is 13.0 Å². The third-order valence-corrected chi connectivity index (χ3v) is 2.08. The summed E-state index contributed by atoms with van der Waals surface area (Å²) in [6.07, 6.45) is -3.20. The van der Waals surface area contributed by atoms with Crippen LogP contribution in [0.1, 0.15) is 18.1 Å². The topological polar surface area (TPSA) is 60.7 Å². The van der Waals surface area contributed by atoms with Crippen LogP contribution in [0.25, 0.3) is 0 Å². The summed E-state index contributed by atoms with van der Waals surface area (Å²) in [7, 11) is 0. The van der Waals surface area contributed by atoms with E-state index in [2.05, 4.69) is 0 Å². The van der Waals surface area contributed by atoms with Crippen LogP contribution in [0.5, 0.6) is 0 Å². The predicted octanol–water partition coefficient (Wildman–Crippen LogP) is 0.741. The summed E-state index contributed by atoms with van der Waals surface area (Å²) in [5, 5.41) is 27.2. The van der Waals surface area contributed by atoms with Crippen molar-refractivity contribution < 1.29 is 24.1 Å². The zero-order valence-electron chi connectivity index (χ0n) is 7.90. The van der Waals surface area contributed by atoms with Crippen LogP contribution in [0.15, 0.2) is 18.2 Å². The Balaban J connectivity index is 2.94. The molecule has 0 aromatic heterocycles. The smallest absolute Gasteiger partial charge is 0.132 e. The van der Waals surface area contributed by atoms with E-state index in [0.29, 0.717) is 0 Å². The molecule has 0 fully saturated rings. The van der Waals surface area contributed by atoms with Gasteiger partial charge in [0.15, 0.2) is 0 Å². The molecule has 0 spiro atoms. The van der Waals surface area contributed by atoms with Gasteiger partial charge in [0, 0.05) is 6.61 Å². The van der Waals surface area contributed by atoms with Gasteiger partial charge in [-0.1, -0.05) is 6.07 Å². The standard InChI is InChI=1S/C10H12F2O3/c11-6-2-1-3-7(12)9(6)10(15)8(14)4-5-13/h1-3,8,10,13-15H,4-5H2. The molecule has 3 nitrogen and oxygen atoms in total. The molecule has 0 saturated heterocycles. The predicted molar refractivity (Wildman–Crippen MR) is 49.0 cm³/mol. The second-order valence-corrected chi connectivity index (χ2v) is 3.16. The Labute approximate surface area is 85.6 Å². The van der Waals surface area contributed by atoms with Crippen LogP contribution in [0, 0.1) is 11.6 Å². The molecule has 15 heavy (non-hydrogen) atoms. The summed E-state index contributed by atoms with van der Waals surface area (Å²) in [5.41, 5.74) is -0.571. The SMILES string of the molecule is OCCC(O)C(O)c1c(F)cccc1F. The number of hydrogen-bond donors (Lipinski definition) is 3. The number of hydrogen-bond acceptors (Lipinski definition) is 3. The molecule has 0 aliphatic carbocycles. The molecule has 0 aliphatic heterocycles. The minimum Gasteiger partial charge on any atom is -0.396 e. The van der Waals surface area contributed by atoms with Gasteiger partial charge in [-0.3, -0.25) is 0 Å². The van der Waals surface area contributed by atoms with Gasteiger partial charge in [0.05, 0.1) is 11.7 Å². The molecule has 0 saturated carbocycles. The van der Waals surface area contributed by atoms with Crippen molar-refractivity contribution in [2.75, 3.05) is 6.61 Å².